The number of halogens is 1. The van der Waals surface area contributed by atoms with Crippen LogP contribution in [0.3, 0.4) is 0 Å². The Hall–Kier alpha value is -3.77. The van der Waals surface area contributed by atoms with E-state index in [1.807, 2.05) is 0 Å². The number of esters is 1. The zero-order valence-corrected chi connectivity index (χ0v) is 20.4. The fraction of sp³-hybridized carbons (Fsp3) is 0.192. The number of hydrogen-bond donors (Lipinski definition) is 8. The molecule has 4 atom stereocenters. The van der Waals surface area contributed by atoms with Crippen molar-refractivity contribution in [2.75, 3.05) is 11.9 Å². The molecule has 0 amide bonds. The number of rotatable bonds is 3. The first-order chi connectivity index (χ1) is 17.7. The largest absolute Gasteiger partial charge is 0.507 e. The SMILES string of the molecule is O=C1OC(CO)C(O)C(O)C1Nc1c(Br)c(O)c2c(c1O)c1c3ccccc3c2c2c(O)ccc(O)c21. The number of phenols is 4. The van der Waals surface area contributed by atoms with Crippen molar-refractivity contribution in [3.8, 4) is 23.0 Å². The summed E-state index contributed by atoms with van der Waals surface area (Å²) in [5.74, 6) is -2.02. The summed E-state index contributed by atoms with van der Waals surface area (Å²) in [5.41, 5.74) is -0.175. The third-order valence-electron chi connectivity index (χ3n) is 7.09. The van der Waals surface area contributed by atoms with E-state index in [-0.39, 0.29) is 43.6 Å². The predicted octanol–water partition coefficient (Wildman–Crippen LogP) is 2.74. The van der Waals surface area contributed by atoms with Gasteiger partial charge < -0.3 is 45.8 Å². The van der Waals surface area contributed by atoms with Gasteiger partial charge in [0.25, 0.3) is 0 Å². The lowest BCUT2D eigenvalue weighted by atomic mass is 9.84. The van der Waals surface area contributed by atoms with Gasteiger partial charge in [0.2, 0.25) is 0 Å². The highest BCUT2D eigenvalue weighted by atomic mass is 79.9. The molecular weight excluding hydrogens is 550 g/mol. The molecule has 6 aromatic carbocycles. The molecule has 37 heavy (non-hydrogen) atoms. The second kappa shape index (κ2) is 8.12. The van der Waals surface area contributed by atoms with Crippen LogP contribution in [0.2, 0.25) is 0 Å². The van der Waals surface area contributed by atoms with E-state index < -0.39 is 42.7 Å². The molecule has 0 aliphatic carbocycles. The van der Waals surface area contributed by atoms with Gasteiger partial charge in [0.1, 0.15) is 35.2 Å². The van der Waals surface area contributed by atoms with Gasteiger partial charge in [-0.3, -0.25) is 0 Å². The summed E-state index contributed by atoms with van der Waals surface area (Å²) in [4.78, 5) is 12.6. The van der Waals surface area contributed by atoms with E-state index in [0.717, 1.165) is 0 Å². The first-order valence-electron chi connectivity index (χ1n) is 11.3. The molecule has 8 N–H and O–H groups in total. The number of hydrogen-bond acceptors (Lipinski definition) is 10. The fourth-order valence-electron chi connectivity index (χ4n) is 5.40. The van der Waals surface area contributed by atoms with Crippen LogP contribution in [-0.2, 0) is 9.53 Å². The summed E-state index contributed by atoms with van der Waals surface area (Å²) < 4.78 is 4.95. The van der Waals surface area contributed by atoms with Crippen LogP contribution in [-0.4, -0.2) is 72.7 Å². The van der Waals surface area contributed by atoms with Gasteiger partial charge in [-0.05, 0) is 38.8 Å². The van der Waals surface area contributed by atoms with E-state index in [1.165, 1.54) is 12.1 Å². The maximum Gasteiger partial charge on any atom is 0.331 e. The normalized spacial score (nSPS) is 22.3. The van der Waals surface area contributed by atoms with E-state index >= 15 is 0 Å². The number of nitrogens with one attached hydrogen (secondary N) is 1. The van der Waals surface area contributed by atoms with Gasteiger partial charge in [0.15, 0.2) is 12.1 Å². The highest BCUT2D eigenvalue weighted by molar-refractivity contribution is 9.10. The number of aliphatic hydroxyl groups is 3. The first kappa shape index (κ1) is 23.6. The summed E-state index contributed by atoms with van der Waals surface area (Å²) >= 11 is 3.26. The Morgan fingerprint density at radius 3 is 1.86 bits per heavy atom. The molecule has 6 aromatic rings. The van der Waals surface area contributed by atoms with Gasteiger partial charge >= 0.3 is 5.97 Å². The van der Waals surface area contributed by atoms with Gasteiger partial charge in [0, 0.05) is 32.3 Å². The maximum absolute atomic E-state index is 12.6. The lowest BCUT2D eigenvalue weighted by Gasteiger charge is -2.36. The zero-order valence-electron chi connectivity index (χ0n) is 18.8. The van der Waals surface area contributed by atoms with Crippen molar-refractivity contribution in [2.24, 2.45) is 0 Å². The third-order valence-corrected chi connectivity index (χ3v) is 7.86. The van der Waals surface area contributed by atoms with Crippen molar-refractivity contribution in [3.05, 3.63) is 40.9 Å². The number of benzene rings is 6. The standard InChI is InChI=1S/C26H20BrNO9/c27-19-20(28-21-25(35)22(32)12(7-29)37-26(21)36)24(34)18-14-9-4-2-1-3-8(9)13(17(18)23(19)33)15-10(30)5-6-11(31)16(14)15/h1-6,12,21-22,25,28-35H,7H2. The second-order valence-electron chi connectivity index (χ2n) is 9.05. The molecule has 0 radical (unpaired) electrons. The molecular formula is C26H20BrNO9. The van der Waals surface area contributed by atoms with Gasteiger partial charge in [-0.2, -0.15) is 0 Å². The monoisotopic (exact) mass is 569 g/mol. The molecule has 4 unspecified atom stereocenters. The van der Waals surface area contributed by atoms with E-state index in [4.69, 9.17) is 4.74 Å². The quantitative estimate of drug-likeness (QED) is 0.0696. The minimum atomic E-state index is -1.70. The fourth-order valence-corrected chi connectivity index (χ4v) is 5.90. The molecule has 1 heterocycles. The zero-order chi connectivity index (χ0) is 26.3. The first-order valence-corrected chi connectivity index (χ1v) is 12.1. The Morgan fingerprint density at radius 1 is 0.784 bits per heavy atom. The molecule has 11 heteroatoms. The average molecular weight is 570 g/mol. The minimum Gasteiger partial charge on any atom is -0.507 e. The molecule has 0 saturated carbocycles. The highest BCUT2D eigenvalue weighted by Gasteiger charge is 2.45. The van der Waals surface area contributed by atoms with Crippen LogP contribution in [0.15, 0.2) is 40.9 Å². The van der Waals surface area contributed by atoms with Crippen LogP contribution >= 0.6 is 15.9 Å². The third kappa shape index (κ3) is 3.05. The molecule has 1 aliphatic heterocycles. The molecule has 190 valence electrons. The van der Waals surface area contributed by atoms with Gasteiger partial charge in [-0.15, -0.1) is 0 Å². The maximum atomic E-state index is 12.6. The number of phenolic OH excluding ortho intramolecular Hbond substituents is 4. The van der Waals surface area contributed by atoms with Crippen LogP contribution in [0.5, 0.6) is 23.0 Å². The highest BCUT2D eigenvalue weighted by Crippen LogP contribution is 2.57. The molecule has 0 aromatic heterocycles. The van der Waals surface area contributed by atoms with Crippen LogP contribution in [0.1, 0.15) is 0 Å². The van der Waals surface area contributed by atoms with Crippen LogP contribution in [0, 0.1) is 0 Å². The van der Waals surface area contributed by atoms with E-state index in [0.29, 0.717) is 26.9 Å². The Bertz CT molecular complexity index is 1750. The summed E-state index contributed by atoms with van der Waals surface area (Å²) in [6.45, 7) is -0.697. The number of carbonyl (C=O) groups excluding carboxylic acids is 1. The van der Waals surface area contributed by atoms with Gasteiger partial charge in [0.05, 0.1) is 16.8 Å². The number of ether oxygens (including phenoxy) is 1. The molecule has 1 saturated heterocycles. The number of carbonyl (C=O) groups is 1. The number of cyclic esters (lactones) is 1. The van der Waals surface area contributed by atoms with E-state index in [9.17, 15) is 40.5 Å². The number of anilines is 1. The summed E-state index contributed by atoms with van der Waals surface area (Å²) in [7, 11) is 0. The Labute approximate surface area is 216 Å². The number of aromatic hydroxyl groups is 4. The average Bonchev–Trinajstić information content (AvgIpc) is 2.90. The Kier molecular flexibility index (Phi) is 5.18. The van der Waals surface area contributed by atoms with Crippen molar-refractivity contribution in [2.45, 2.75) is 24.4 Å². The van der Waals surface area contributed by atoms with Crippen molar-refractivity contribution in [3.63, 3.8) is 0 Å². The molecule has 0 spiro atoms. The van der Waals surface area contributed by atoms with Gasteiger partial charge in [-0.25, -0.2) is 4.79 Å². The molecule has 1 aliphatic rings. The predicted molar refractivity (Wildman–Crippen MR) is 138 cm³/mol. The van der Waals surface area contributed by atoms with Crippen molar-refractivity contribution in [1.29, 1.82) is 0 Å². The van der Waals surface area contributed by atoms with Crippen LogP contribution in [0.25, 0.3) is 43.1 Å². The molecule has 2 bridgehead atoms. The second-order valence-corrected chi connectivity index (χ2v) is 9.84. The van der Waals surface area contributed by atoms with Crippen molar-refractivity contribution in [1.82, 2.24) is 0 Å². The summed E-state index contributed by atoms with van der Waals surface area (Å²) in [6, 6.07) is 8.25. The number of aliphatic hydroxyl groups excluding tert-OH is 3. The topological polar surface area (TPSA) is 180 Å². The van der Waals surface area contributed by atoms with Crippen molar-refractivity contribution >= 4 is 70.7 Å². The van der Waals surface area contributed by atoms with E-state index in [1.54, 1.807) is 24.3 Å². The molecule has 10 nitrogen and oxygen atoms in total. The molecule has 1 fully saturated rings. The summed E-state index contributed by atoms with van der Waals surface area (Å²) in [5, 5.41) is 80.1. The Balaban J connectivity index is 1.70. The van der Waals surface area contributed by atoms with Crippen LogP contribution in [0.4, 0.5) is 5.69 Å². The van der Waals surface area contributed by atoms with Crippen molar-refractivity contribution < 1.29 is 45.3 Å². The minimum absolute atomic E-state index is 0.0538. The van der Waals surface area contributed by atoms with E-state index in [2.05, 4.69) is 21.2 Å². The Morgan fingerprint density at radius 2 is 1.32 bits per heavy atom. The summed E-state index contributed by atoms with van der Waals surface area (Å²) in [6.07, 6.45) is -4.63. The smallest absolute Gasteiger partial charge is 0.331 e. The van der Waals surface area contributed by atoms with Gasteiger partial charge in [-0.1, -0.05) is 24.3 Å². The molecule has 7 rings (SSSR count). The lowest BCUT2D eigenvalue weighted by molar-refractivity contribution is -0.184. The lowest BCUT2D eigenvalue weighted by Crippen LogP contribution is -2.59. The van der Waals surface area contributed by atoms with Crippen LogP contribution < -0.4 is 5.32 Å².